The predicted molar refractivity (Wildman–Crippen MR) is 132 cm³/mol. The average Bonchev–Trinajstić information content (AvgIpc) is 3.19. The summed E-state index contributed by atoms with van der Waals surface area (Å²) in [4.78, 5) is 0. The van der Waals surface area contributed by atoms with E-state index in [1.807, 2.05) is 11.3 Å². The zero-order valence-electron chi connectivity index (χ0n) is 16.3. The van der Waals surface area contributed by atoms with Crippen LogP contribution in [0.5, 0.6) is 0 Å². The fourth-order valence-electron chi connectivity index (χ4n) is 4.21. The third-order valence-electron chi connectivity index (χ3n) is 5.67. The van der Waals surface area contributed by atoms with Gasteiger partial charge in [-0.1, -0.05) is 84.9 Å². The third-order valence-corrected chi connectivity index (χ3v) is 6.89. The van der Waals surface area contributed by atoms with Crippen molar-refractivity contribution in [3.63, 3.8) is 0 Å². The summed E-state index contributed by atoms with van der Waals surface area (Å²) in [5, 5.41) is 8.83. The Kier molecular flexibility index (Phi) is 4.03. The Hall–Kier alpha value is -3.62. The molecule has 0 saturated heterocycles. The van der Waals surface area contributed by atoms with Crippen LogP contribution in [0.3, 0.4) is 0 Å². The minimum absolute atomic E-state index is 1.10. The molecule has 0 radical (unpaired) electrons. The molecule has 0 aliphatic heterocycles. The highest BCUT2D eigenvalue weighted by Crippen LogP contribution is 2.39. The van der Waals surface area contributed by atoms with Crippen LogP contribution in [0, 0.1) is 0 Å². The highest BCUT2D eigenvalue weighted by atomic mass is 32.1. The topological polar surface area (TPSA) is 12.0 Å². The lowest BCUT2D eigenvalue weighted by atomic mass is 9.98. The Balaban J connectivity index is 1.38. The monoisotopic (exact) mass is 401 g/mol. The molecule has 0 spiro atoms. The van der Waals surface area contributed by atoms with Crippen LogP contribution >= 0.6 is 11.3 Å². The molecule has 0 amide bonds. The first-order valence-electron chi connectivity index (χ1n) is 10.1. The molecule has 0 saturated carbocycles. The molecular formula is C28H19NS. The lowest BCUT2D eigenvalue weighted by Crippen LogP contribution is -1.90. The first-order valence-corrected chi connectivity index (χ1v) is 10.9. The predicted octanol–water partition coefficient (Wildman–Crippen LogP) is 8.62. The van der Waals surface area contributed by atoms with Crippen LogP contribution in [0.25, 0.3) is 42.1 Å². The summed E-state index contributed by atoms with van der Waals surface area (Å²) in [6.45, 7) is 0. The van der Waals surface area contributed by atoms with Crippen molar-refractivity contribution in [1.29, 1.82) is 0 Å². The summed E-state index contributed by atoms with van der Waals surface area (Å²) < 4.78 is 2.63. The molecule has 142 valence electrons. The molecule has 0 aliphatic carbocycles. The zero-order valence-corrected chi connectivity index (χ0v) is 17.1. The van der Waals surface area contributed by atoms with Gasteiger partial charge in [0.25, 0.3) is 0 Å². The number of nitrogens with one attached hydrogen (secondary N) is 1. The minimum Gasteiger partial charge on any atom is -0.354 e. The van der Waals surface area contributed by atoms with Crippen molar-refractivity contribution in [1.82, 2.24) is 0 Å². The summed E-state index contributed by atoms with van der Waals surface area (Å²) in [5.41, 5.74) is 4.76. The first kappa shape index (κ1) is 17.3. The van der Waals surface area contributed by atoms with Crippen molar-refractivity contribution in [2.75, 3.05) is 5.32 Å². The van der Waals surface area contributed by atoms with Gasteiger partial charge in [0, 0.05) is 21.2 Å². The average molecular weight is 402 g/mol. The number of fused-ring (bicyclic) bond motifs is 4. The van der Waals surface area contributed by atoms with E-state index in [1.54, 1.807) is 0 Å². The van der Waals surface area contributed by atoms with Gasteiger partial charge in [0.1, 0.15) is 0 Å². The molecule has 0 bridgehead atoms. The number of rotatable bonds is 3. The highest BCUT2D eigenvalue weighted by Gasteiger charge is 2.09. The van der Waals surface area contributed by atoms with Crippen molar-refractivity contribution >= 4 is 53.7 Å². The number of benzene rings is 5. The second kappa shape index (κ2) is 7.01. The largest absolute Gasteiger partial charge is 0.354 e. The maximum absolute atomic E-state index is 3.63. The van der Waals surface area contributed by atoms with Crippen molar-refractivity contribution in [3.8, 4) is 11.1 Å². The van der Waals surface area contributed by atoms with Gasteiger partial charge < -0.3 is 5.32 Å². The maximum Gasteiger partial charge on any atom is 0.0590 e. The minimum atomic E-state index is 1.10. The SMILES string of the molecule is c1ccc2c(-c3ccc(Nc4cccc5c4sc4ccccc45)cc3)cccc2c1. The van der Waals surface area contributed by atoms with E-state index >= 15 is 0 Å². The number of anilines is 2. The molecule has 0 atom stereocenters. The van der Waals surface area contributed by atoms with Crippen LogP contribution in [-0.4, -0.2) is 0 Å². The normalized spacial score (nSPS) is 11.3. The molecule has 1 aromatic heterocycles. The Morgan fingerprint density at radius 3 is 2.13 bits per heavy atom. The number of hydrogen-bond donors (Lipinski definition) is 1. The van der Waals surface area contributed by atoms with Gasteiger partial charge >= 0.3 is 0 Å². The van der Waals surface area contributed by atoms with Gasteiger partial charge in [-0.2, -0.15) is 0 Å². The van der Waals surface area contributed by atoms with Crippen LogP contribution in [0.1, 0.15) is 0 Å². The quantitative estimate of drug-likeness (QED) is 0.313. The van der Waals surface area contributed by atoms with Gasteiger partial charge in [-0.15, -0.1) is 11.3 Å². The third kappa shape index (κ3) is 2.85. The standard InChI is InChI=1S/C28H19NS/c1-2-9-22-19(7-1)8-5-11-23(22)20-15-17-21(18-16-20)29-26-13-6-12-25-24-10-3-4-14-27(24)30-28(25)26/h1-18,29H. The molecule has 0 unspecified atom stereocenters. The fourth-order valence-corrected chi connectivity index (χ4v) is 5.38. The summed E-state index contributed by atoms with van der Waals surface area (Å²) in [7, 11) is 0. The molecular weight excluding hydrogens is 382 g/mol. The van der Waals surface area contributed by atoms with Crippen LogP contribution < -0.4 is 5.32 Å². The van der Waals surface area contributed by atoms with Crippen LogP contribution in [0.15, 0.2) is 109 Å². The molecule has 0 fully saturated rings. The van der Waals surface area contributed by atoms with Gasteiger partial charge in [0.2, 0.25) is 0 Å². The van der Waals surface area contributed by atoms with Crippen molar-refractivity contribution in [2.24, 2.45) is 0 Å². The van der Waals surface area contributed by atoms with E-state index in [9.17, 15) is 0 Å². The smallest absolute Gasteiger partial charge is 0.0590 e. The zero-order chi connectivity index (χ0) is 19.9. The Morgan fingerprint density at radius 2 is 1.23 bits per heavy atom. The van der Waals surface area contributed by atoms with E-state index in [1.165, 1.54) is 42.1 Å². The van der Waals surface area contributed by atoms with Crippen molar-refractivity contribution in [3.05, 3.63) is 109 Å². The van der Waals surface area contributed by atoms with Gasteiger partial charge in [-0.3, -0.25) is 0 Å². The molecule has 6 aromatic rings. The summed E-state index contributed by atoms with van der Waals surface area (Å²) in [5.74, 6) is 0. The molecule has 0 aliphatic rings. The van der Waals surface area contributed by atoms with Crippen molar-refractivity contribution in [2.45, 2.75) is 0 Å². The molecule has 1 N–H and O–H groups in total. The fraction of sp³-hybridized carbons (Fsp3) is 0. The lowest BCUT2D eigenvalue weighted by molar-refractivity contribution is 1.58. The summed E-state index contributed by atoms with van der Waals surface area (Å²) >= 11 is 1.85. The van der Waals surface area contributed by atoms with Gasteiger partial charge in [0.05, 0.1) is 10.4 Å². The van der Waals surface area contributed by atoms with Crippen LogP contribution in [0.2, 0.25) is 0 Å². The summed E-state index contributed by atoms with van der Waals surface area (Å²) in [6, 6.07) is 38.9. The Labute approximate surface area is 179 Å². The van der Waals surface area contributed by atoms with Crippen LogP contribution in [0.4, 0.5) is 11.4 Å². The van der Waals surface area contributed by atoms with Gasteiger partial charge in [-0.05, 0) is 46.2 Å². The van der Waals surface area contributed by atoms with E-state index in [2.05, 4.69) is 115 Å². The highest BCUT2D eigenvalue weighted by molar-refractivity contribution is 7.26. The van der Waals surface area contributed by atoms with E-state index in [-0.39, 0.29) is 0 Å². The molecule has 6 rings (SSSR count). The Bertz CT molecular complexity index is 1500. The van der Waals surface area contributed by atoms with Gasteiger partial charge in [-0.25, -0.2) is 0 Å². The second-order valence-electron chi connectivity index (χ2n) is 7.51. The molecule has 2 heteroatoms. The van der Waals surface area contributed by atoms with Crippen LogP contribution in [-0.2, 0) is 0 Å². The summed E-state index contributed by atoms with van der Waals surface area (Å²) in [6.07, 6.45) is 0. The molecule has 30 heavy (non-hydrogen) atoms. The van der Waals surface area contributed by atoms with E-state index in [0.29, 0.717) is 0 Å². The van der Waals surface area contributed by atoms with E-state index in [4.69, 9.17) is 0 Å². The first-order chi connectivity index (χ1) is 14.9. The molecule has 1 heterocycles. The molecule has 5 aromatic carbocycles. The van der Waals surface area contributed by atoms with E-state index in [0.717, 1.165) is 11.4 Å². The lowest BCUT2D eigenvalue weighted by Gasteiger charge is -2.10. The Morgan fingerprint density at radius 1 is 0.533 bits per heavy atom. The maximum atomic E-state index is 3.63. The number of thiophene rings is 1. The van der Waals surface area contributed by atoms with E-state index < -0.39 is 0 Å². The van der Waals surface area contributed by atoms with Crippen molar-refractivity contribution < 1.29 is 0 Å². The molecule has 1 nitrogen and oxygen atoms in total. The van der Waals surface area contributed by atoms with Gasteiger partial charge in [0.15, 0.2) is 0 Å². The second-order valence-corrected chi connectivity index (χ2v) is 8.56. The number of hydrogen-bond acceptors (Lipinski definition) is 2.